The Balaban J connectivity index is 2.36. The highest BCUT2D eigenvalue weighted by Crippen LogP contribution is 2.43. The van der Waals surface area contributed by atoms with Gasteiger partial charge < -0.3 is 14.8 Å². The van der Waals surface area contributed by atoms with Crippen molar-refractivity contribution in [2.45, 2.75) is 18.8 Å². The van der Waals surface area contributed by atoms with Crippen LogP contribution in [-0.4, -0.2) is 27.4 Å². The number of rotatable bonds is 4. The number of anilines is 1. The first-order valence-corrected chi connectivity index (χ1v) is 6.25. The molecule has 0 spiro atoms. The Morgan fingerprint density at radius 1 is 1.41 bits per heavy atom. The summed E-state index contributed by atoms with van der Waals surface area (Å²) in [6.45, 7) is 1.72. The van der Waals surface area contributed by atoms with Gasteiger partial charge in [0.2, 0.25) is 0 Å². The molecule has 1 N–H and O–H groups in total. The van der Waals surface area contributed by atoms with Crippen LogP contribution in [0.5, 0.6) is 5.75 Å². The fraction of sp³-hybridized carbons (Fsp3) is 0.538. The SMILES string of the molecule is COCCC1CCNc2c(Cl)ccc(OC)c21. The molecule has 0 radical (unpaired) electrons. The van der Waals surface area contributed by atoms with Crippen molar-refractivity contribution in [2.24, 2.45) is 0 Å². The van der Waals surface area contributed by atoms with E-state index < -0.39 is 0 Å². The van der Waals surface area contributed by atoms with E-state index in [1.807, 2.05) is 12.1 Å². The second-order valence-corrected chi connectivity index (χ2v) is 4.64. The molecule has 3 nitrogen and oxygen atoms in total. The largest absolute Gasteiger partial charge is 0.496 e. The molecule has 94 valence electrons. The number of benzene rings is 1. The van der Waals surface area contributed by atoms with E-state index in [-0.39, 0.29) is 0 Å². The quantitative estimate of drug-likeness (QED) is 0.896. The maximum atomic E-state index is 6.22. The van der Waals surface area contributed by atoms with E-state index in [0.717, 1.165) is 42.5 Å². The lowest BCUT2D eigenvalue weighted by molar-refractivity contribution is 0.186. The van der Waals surface area contributed by atoms with Crippen molar-refractivity contribution in [2.75, 3.05) is 32.7 Å². The van der Waals surface area contributed by atoms with Gasteiger partial charge in [-0.25, -0.2) is 0 Å². The molecular weight excluding hydrogens is 238 g/mol. The van der Waals surface area contributed by atoms with Crippen LogP contribution in [0.3, 0.4) is 0 Å². The van der Waals surface area contributed by atoms with E-state index in [4.69, 9.17) is 21.1 Å². The summed E-state index contributed by atoms with van der Waals surface area (Å²) in [7, 11) is 3.43. The molecule has 1 aromatic rings. The minimum atomic E-state index is 0.458. The molecule has 0 bridgehead atoms. The summed E-state index contributed by atoms with van der Waals surface area (Å²) in [6, 6.07) is 3.82. The van der Waals surface area contributed by atoms with Gasteiger partial charge in [-0.15, -0.1) is 0 Å². The second-order valence-electron chi connectivity index (χ2n) is 4.23. The lowest BCUT2D eigenvalue weighted by Crippen LogP contribution is -2.19. The van der Waals surface area contributed by atoms with Crippen molar-refractivity contribution in [3.05, 3.63) is 22.7 Å². The summed E-state index contributed by atoms with van der Waals surface area (Å²) in [4.78, 5) is 0. The molecular formula is C13H18ClNO2. The Morgan fingerprint density at radius 3 is 2.94 bits per heavy atom. The van der Waals surface area contributed by atoms with Crippen molar-refractivity contribution >= 4 is 17.3 Å². The number of methoxy groups -OCH3 is 2. The van der Waals surface area contributed by atoms with Crippen LogP contribution in [0, 0.1) is 0 Å². The Morgan fingerprint density at radius 2 is 2.24 bits per heavy atom. The summed E-state index contributed by atoms with van der Waals surface area (Å²) in [5.74, 6) is 1.37. The summed E-state index contributed by atoms with van der Waals surface area (Å²) >= 11 is 6.22. The third-order valence-corrected chi connectivity index (χ3v) is 3.56. The summed E-state index contributed by atoms with van der Waals surface area (Å²) in [5.41, 5.74) is 2.22. The van der Waals surface area contributed by atoms with Crippen molar-refractivity contribution in [3.8, 4) is 5.75 Å². The first-order chi connectivity index (χ1) is 8.27. The Bertz CT molecular complexity index is 395. The average molecular weight is 256 g/mol. The molecule has 1 heterocycles. The number of hydrogen-bond acceptors (Lipinski definition) is 3. The van der Waals surface area contributed by atoms with Crippen LogP contribution in [0.15, 0.2) is 12.1 Å². The first-order valence-electron chi connectivity index (χ1n) is 5.87. The minimum Gasteiger partial charge on any atom is -0.496 e. The molecule has 1 aromatic carbocycles. The van der Waals surface area contributed by atoms with Crippen LogP contribution < -0.4 is 10.1 Å². The van der Waals surface area contributed by atoms with Crippen LogP contribution in [0.25, 0.3) is 0 Å². The van der Waals surface area contributed by atoms with Gasteiger partial charge in [-0.2, -0.15) is 0 Å². The van der Waals surface area contributed by atoms with Gasteiger partial charge in [0, 0.05) is 25.8 Å². The van der Waals surface area contributed by atoms with Gasteiger partial charge in [0.1, 0.15) is 5.75 Å². The highest BCUT2D eigenvalue weighted by molar-refractivity contribution is 6.33. The molecule has 1 atom stereocenters. The van der Waals surface area contributed by atoms with Crippen molar-refractivity contribution in [3.63, 3.8) is 0 Å². The monoisotopic (exact) mass is 255 g/mol. The normalized spacial score (nSPS) is 18.4. The van der Waals surface area contributed by atoms with Crippen LogP contribution in [0.1, 0.15) is 24.3 Å². The van der Waals surface area contributed by atoms with Crippen molar-refractivity contribution in [1.82, 2.24) is 0 Å². The fourth-order valence-corrected chi connectivity index (χ4v) is 2.63. The lowest BCUT2D eigenvalue weighted by Gasteiger charge is -2.29. The van der Waals surface area contributed by atoms with E-state index in [1.54, 1.807) is 14.2 Å². The molecule has 17 heavy (non-hydrogen) atoms. The van der Waals surface area contributed by atoms with E-state index in [2.05, 4.69) is 5.32 Å². The Labute approximate surface area is 107 Å². The predicted octanol–water partition coefficient (Wildman–Crippen LogP) is 3.28. The average Bonchev–Trinajstić information content (AvgIpc) is 2.37. The fourth-order valence-electron chi connectivity index (χ4n) is 2.40. The molecule has 2 rings (SSSR count). The van der Waals surface area contributed by atoms with Gasteiger partial charge in [0.05, 0.1) is 17.8 Å². The first kappa shape index (κ1) is 12.5. The zero-order valence-electron chi connectivity index (χ0n) is 10.3. The maximum Gasteiger partial charge on any atom is 0.124 e. The smallest absolute Gasteiger partial charge is 0.124 e. The molecule has 0 amide bonds. The highest BCUT2D eigenvalue weighted by atomic mass is 35.5. The molecule has 1 aliphatic heterocycles. The molecule has 0 aliphatic carbocycles. The summed E-state index contributed by atoms with van der Waals surface area (Å²) < 4.78 is 10.6. The van der Waals surface area contributed by atoms with Gasteiger partial charge >= 0.3 is 0 Å². The summed E-state index contributed by atoms with van der Waals surface area (Å²) in [5, 5.41) is 4.13. The standard InChI is InChI=1S/C13H18ClNO2/c1-16-8-6-9-5-7-15-13-10(14)3-4-11(17-2)12(9)13/h3-4,9,15H,5-8H2,1-2H3. The predicted molar refractivity (Wildman–Crippen MR) is 70.3 cm³/mol. The molecule has 0 saturated heterocycles. The number of hydrogen-bond donors (Lipinski definition) is 1. The molecule has 0 aromatic heterocycles. The van der Waals surface area contributed by atoms with Crippen LogP contribution in [-0.2, 0) is 4.74 Å². The molecule has 0 saturated carbocycles. The molecule has 1 unspecified atom stereocenters. The van der Waals surface area contributed by atoms with Gasteiger partial charge in [0.15, 0.2) is 0 Å². The zero-order valence-corrected chi connectivity index (χ0v) is 11.0. The van der Waals surface area contributed by atoms with E-state index in [9.17, 15) is 0 Å². The molecule has 4 heteroatoms. The molecule has 0 fully saturated rings. The molecule has 1 aliphatic rings. The zero-order chi connectivity index (χ0) is 12.3. The van der Waals surface area contributed by atoms with E-state index >= 15 is 0 Å². The van der Waals surface area contributed by atoms with Crippen molar-refractivity contribution < 1.29 is 9.47 Å². The highest BCUT2D eigenvalue weighted by Gasteiger charge is 2.25. The summed E-state index contributed by atoms with van der Waals surface area (Å²) in [6.07, 6.45) is 2.09. The third-order valence-electron chi connectivity index (χ3n) is 3.25. The topological polar surface area (TPSA) is 30.5 Å². The maximum absolute atomic E-state index is 6.22. The van der Waals surface area contributed by atoms with Gasteiger partial charge in [0.25, 0.3) is 0 Å². The van der Waals surface area contributed by atoms with Crippen molar-refractivity contribution in [1.29, 1.82) is 0 Å². The lowest BCUT2D eigenvalue weighted by atomic mass is 9.88. The minimum absolute atomic E-state index is 0.458. The van der Waals surface area contributed by atoms with Gasteiger partial charge in [-0.3, -0.25) is 0 Å². The van der Waals surface area contributed by atoms with E-state index in [1.165, 1.54) is 5.56 Å². The van der Waals surface area contributed by atoms with Crippen LogP contribution >= 0.6 is 11.6 Å². The number of fused-ring (bicyclic) bond motifs is 1. The number of nitrogens with one attached hydrogen (secondary N) is 1. The van der Waals surface area contributed by atoms with Gasteiger partial charge in [-0.1, -0.05) is 11.6 Å². The number of halogens is 1. The Kier molecular flexibility index (Phi) is 4.13. The van der Waals surface area contributed by atoms with Crippen LogP contribution in [0.4, 0.5) is 5.69 Å². The van der Waals surface area contributed by atoms with Gasteiger partial charge in [-0.05, 0) is 30.9 Å². The Hall–Kier alpha value is -0.930. The third kappa shape index (κ3) is 2.50. The van der Waals surface area contributed by atoms with Crippen LogP contribution in [0.2, 0.25) is 5.02 Å². The number of ether oxygens (including phenoxy) is 2. The second kappa shape index (κ2) is 5.61. The van der Waals surface area contributed by atoms with E-state index in [0.29, 0.717) is 5.92 Å².